The summed E-state index contributed by atoms with van der Waals surface area (Å²) in [5.41, 5.74) is 0.473. The van der Waals surface area contributed by atoms with Crippen LogP contribution in [0.2, 0.25) is 0 Å². The van der Waals surface area contributed by atoms with E-state index in [1.165, 1.54) is 10.6 Å². The maximum atomic E-state index is 13.6. The van der Waals surface area contributed by atoms with Gasteiger partial charge in [-0.1, -0.05) is 5.16 Å². The second kappa shape index (κ2) is 4.23. The summed E-state index contributed by atoms with van der Waals surface area (Å²) in [5, 5.41) is 3.65. The minimum atomic E-state index is -0.693. The Labute approximate surface area is 110 Å². The van der Waals surface area contributed by atoms with Crippen LogP contribution in [0, 0.1) is 23.3 Å². The molecule has 3 aromatic rings. The van der Waals surface area contributed by atoms with Crippen LogP contribution in [-0.4, -0.2) is 19.7 Å². The molecule has 0 saturated carbocycles. The molecule has 0 radical (unpaired) electrons. The third-order valence-electron chi connectivity index (χ3n) is 2.67. The molecule has 0 amide bonds. The van der Waals surface area contributed by atoms with Crippen molar-refractivity contribution in [2.45, 2.75) is 13.5 Å². The first-order chi connectivity index (χ1) is 9.04. The smallest absolute Gasteiger partial charge is 0.246 e. The Kier molecular flexibility index (Phi) is 2.67. The molecule has 0 saturated heterocycles. The molecule has 5 nitrogen and oxygen atoms in total. The summed E-state index contributed by atoms with van der Waals surface area (Å²) in [6.45, 7) is 1.84. The summed E-state index contributed by atoms with van der Waals surface area (Å²) in [5.74, 6) is -0.561. The number of nitrogens with one attached hydrogen (secondary N) is 1. The van der Waals surface area contributed by atoms with Crippen molar-refractivity contribution in [2.75, 3.05) is 0 Å². The number of aromatic nitrogens is 4. The molecule has 2 heterocycles. The summed E-state index contributed by atoms with van der Waals surface area (Å²) >= 11 is 5.09. The molecule has 0 unspecified atom stereocenters. The van der Waals surface area contributed by atoms with Crippen molar-refractivity contribution >= 4 is 23.3 Å². The van der Waals surface area contributed by atoms with Crippen LogP contribution in [0.1, 0.15) is 11.7 Å². The quantitative estimate of drug-likeness (QED) is 0.734. The lowest BCUT2D eigenvalue weighted by Crippen LogP contribution is -2.00. The maximum absolute atomic E-state index is 13.6. The number of halogens is 2. The Bertz CT molecular complexity index is 820. The number of rotatable bonds is 2. The van der Waals surface area contributed by atoms with Crippen molar-refractivity contribution in [1.29, 1.82) is 0 Å². The summed E-state index contributed by atoms with van der Waals surface area (Å²) in [6.07, 6.45) is 0. The Hall–Kier alpha value is -2.09. The van der Waals surface area contributed by atoms with E-state index in [-0.39, 0.29) is 16.8 Å². The van der Waals surface area contributed by atoms with Crippen molar-refractivity contribution < 1.29 is 13.3 Å². The van der Waals surface area contributed by atoms with E-state index in [0.717, 1.165) is 6.07 Å². The summed E-state index contributed by atoms with van der Waals surface area (Å²) in [4.78, 5) is 6.73. The second-order valence-corrected chi connectivity index (χ2v) is 4.42. The van der Waals surface area contributed by atoms with Crippen molar-refractivity contribution in [3.8, 4) is 0 Å². The van der Waals surface area contributed by atoms with Crippen molar-refractivity contribution in [3.05, 3.63) is 40.3 Å². The highest BCUT2D eigenvalue weighted by molar-refractivity contribution is 7.71. The van der Waals surface area contributed by atoms with Crippen LogP contribution >= 0.6 is 12.2 Å². The first kappa shape index (κ1) is 12.0. The Morgan fingerprint density at radius 3 is 2.89 bits per heavy atom. The molecule has 0 bridgehead atoms. The van der Waals surface area contributed by atoms with Gasteiger partial charge in [0.05, 0.1) is 5.52 Å². The van der Waals surface area contributed by atoms with Gasteiger partial charge in [-0.3, -0.25) is 0 Å². The molecule has 0 fully saturated rings. The van der Waals surface area contributed by atoms with E-state index in [1.807, 2.05) is 0 Å². The van der Waals surface area contributed by atoms with Gasteiger partial charge in [0.25, 0.3) is 0 Å². The van der Waals surface area contributed by atoms with E-state index >= 15 is 0 Å². The van der Waals surface area contributed by atoms with Gasteiger partial charge in [0.1, 0.15) is 17.9 Å². The molecule has 1 N–H and O–H groups in total. The minimum Gasteiger partial charge on any atom is -0.337 e. The van der Waals surface area contributed by atoms with Gasteiger partial charge < -0.3 is 14.1 Å². The zero-order valence-corrected chi connectivity index (χ0v) is 10.6. The standard InChI is InChI=1S/C11H8F2N4OS/c1-5-14-9(18-16-5)4-17-8-3-6(12)2-7(13)10(8)15-11(17)19/h2-3H,4H2,1H3,(H,15,19). The van der Waals surface area contributed by atoms with Crippen LogP contribution in [0.5, 0.6) is 0 Å². The number of fused-ring (bicyclic) bond motifs is 1. The van der Waals surface area contributed by atoms with E-state index in [2.05, 4.69) is 15.1 Å². The molecule has 19 heavy (non-hydrogen) atoms. The van der Waals surface area contributed by atoms with Crippen molar-refractivity contribution in [3.63, 3.8) is 0 Å². The normalized spacial score (nSPS) is 11.3. The van der Waals surface area contributed by atoms with E-state index in [9.17, 15) is 8.78 Å². The van der Waals surface area contributed by atoms with Gasteiger partial charge in [-0.25, -0.2) is 8.78 Å². The monoisotopic (exact) mass is 282 g/mol. The highest BCUT2D eigenvalue weighted by atomic mass is 32.1. The van der Waals surface area contributed by atoms with Gasteiger partial charge >= 0.3 is 0 Å². The first-order valence-electron chi connectivity index (χ1n) is 5.41. The Morgan fingerprint density at radius 2 is 2.21 bits per heavy atom. The second-order valence-electron chi connectivity index (χ2n) is 4.03. The average Bonchev–Trinajstić information content (AvgIpc) is 2.87. The molecule has 0 aliphatic heterocycles. The highest BCUT2D eigenvalue weighted by Crippen LogP contribution is 2.20. The molecule has 1 aromatic carbocycles. The molecule has 0 spiro atoms. The van der Waals surface area contributed by atoms with Gasteiger partial charge in [0.15, 0.2) is 16.4 Å². The number of H-pyrrole nitrogens is 1. The molecule has 98 valence electrons. The summed E-state index contributed by atoms with van der Waals surface area (Å²) < 4.78 is 33.6. The number of nitrogens with zero attached hydrogens (tertiary/aromatic N) is 3. The van der Waals surface area contributed by atoms with E-state index in [1.54, 1.807) is 6.92 Å². The van der Waals surface area contributed by atoms with Gasteiger partial charge in [-0.2, -0.15) is 4.98 Å². The Balaban J connectivity index is 2.18. The van der Waals surface area contributed by atoms with Crippen LogP contribution in [0.25, 0.3) is 11.0 Å². The van der Waals surface area contributed by atoms with Crippen LogP contribution in [0.15, 0.2) is 16.7 Å². The number of hydrogen-bond donors (Lipinski definition) is 1. The fourth-order valence-corrected chi connectivity index (χ4v) is 2.14. The van der Waals surface area contributed by atoms with Gasteiger partial charge in [0, 0.05) is 6.07 Å². The third-order valence-corrected chi connectivity index (χ3v) is 2.99. The maximum Gasteiger partial charge on any atom is 0.246 e. The van der Waals surface area contributed by atoms with Crippen molar-refractivity contribution in [2.24, 2.45) is 0 Å². The van der Waals surface area contributed by atoms with Crippen LogP contribution in [0.4, 0.5) is 8.78 Å². The predicted octanol–water partition coefficient (Wildman–Crippen LogP) is 2.72. The number of hydrogen-bond acceptors (Lipinski definition) is 4. The summed E-state index contributed by atoms with van der Waals surface area (Å²) in [6, 6.07) is 2.00. The third kappa shape index (κ3) is 2.03. The predicted molar refractivity (Wildman–Crippen MR) is 65.2 cm³/mol. The lowest BCUT2D eigenvalue weighted by molar-refractivity contribution is 0.368. The Morgan fingerprint density at radius 1 is 1.42 bits per heavy atom. The number of benzene rings is 1. The first-order valence-corrected chi connectivity index (χ1v) is 5.82. The topological polar surface area (TPSA) is 59.6 Å². The highest BCUT2D eigenvalue weighted by Gasteiger charge is 2.13. The van der Waals surface area contributed by atoms with Crippen LogP contribution in [-0.2, 0) is 6.54 Å². The number of aromatic amines is 1. The molecule has 8 heteroatoms. The average molecular weight is 282 g/mol. The van der Waals surface area contributed by atoms with Gasteiger partial charge in [0.2, 0.25) is 5.89 Å². The zero-order chi connectivity index (χ0) is 13.6. The van der Waals surface area contributed by atoms with E-state index in [4.69, 9.17) is 16.7 Å². The molecular formula is C11H8F2N4OS. The number of imidazole rings is 1. The van der Waals surface area contributed by atoms with Gasteiger partial charge in [-0.05, 0) is 25.2 Å². The molecule has 3 rings (SSSR count). The summed E-state index contributed by atoms with van der Waals surface area (Å²) in [7, 11) is 0. The molecule has 2 aromatic heterocycles. The van der Waals surface area contributed by atoms with E-state index < -0.39 is 11.6 Å². The zero-order valence-electron chi connectivity index (χ0n) is 9.78. The van der Waals surface area contributed by atoms with Gasteiger partial charge in [-0.15, -0.1) is 0 Å². The molecule has 0 aliphatic carbocycles. The SMILES string of the molecule is Cc1noc(Cn2c(=S)[nH]c3c(F)cc(F)cc32)n1. The minimum absolute atomic E-state index is 0.155. The van der Waals surface area contributed by atoms with Crippen molar-refractivity contribution in [1.82, 2.24) is 19.7 Å². The fourth-order valence-electron chi connectivity index (χ4n) is 1.88. The molecule has 0 atom stereocenters. The largest absolute Gasteiger partial charge is 0.337 e. The fraction of sp³-hybridized carbons (Fsp3) is 0.182. The lowest BCUT2D eigenvalue weighted by Gasteiger charge is -2.00. The van der Waals surface area contributed by atoms with Crippen LogP contribution < -0.4 is 0 Å². The number of aryl methyl sites for hydroxylation is 1. The lowest BCUT2D eigenvalue weighted by atomic mass is 10.3. The van der Waals surface area contributed by atoms with E-state index in [0.29, 0.717) is 17.2 Å². The molecule has 0 aliphatic rings. The van der Waals surface area contributed by atoms with Crippen LogP contribution in [0.3, 0.4) is 0 Å². The molecular weight excluding hydrogens is 274 g/mol.